The van der Waals surface area contributed by atoms with Crippen molar-refractivity contribution in [3.63, 3.8) is 0 Å². The lowest BCUT2D eigenvalue weighted by atomic mass is 9.97. The molecule has 19 heavy (non-hydrogen) atoms. The van der Waals surface area contributed by atoms with Crippen LogP contribution >= 0.6 is 0 Å². The van der Waals surface area contributed by atoms with Crippen LogP contribution in [0.4, 0.5) is 0 Å². The first-order valence-electron chi connectivity index (χ1n) is 6.96. The number of allylic oxidation sites excluding steroid dienone is 2. The summed E-state index contributed by atoms with van der Waals surface area (Å²) in [6.07, 6.45) is 3.35. The van der Waals surface area contributed by atoms with Gasteiger partial charge in [-0.3, -0.25) is 0 Å². The molecule has 1 aliphatic rings. The maximum Gasteiger partial charge on any atom is 0.124 e. The van der Waals surface area contributed by atoms with Crippen LogP contribution in [0.1, 0.15) is 57.1 Å². The smallest absolute Gasteiger partial charge is 0.124 e. The van der Waals surface area contributed by atoms with Crippen LogP contribution in [-0.4, -0.2) is 12.6 Å². The number of rotatable bonds is 3. The highest BCUT2D eigenvalue weighted by atomic mass is 14.9. The van der Waals surface area contributed by atoms with Crippen molar-refractivity contribution in [1.29, 1.82) is 0 Å². The van der Waals surface area contributed by atoms with Crippen LogP contribution in [0.15, 0.2) is 39.9 Å². The Bertz CT molecular complexity index is 536. The topological polar surface area (TPSA) is 24.7 Å². The second-order valence-electron chi connectivity index (χ2n) is 5.38. The van der Waals surface area contributed by atoms with Crippen molar-refractivity contribution in [2.75, 3.05) is 0 Å². The molecule has 2 heteroatoms. The zero-order chi connectivity index (χ0) is 13.8. The Morgan fingerprint density at radius 1 is 1.26 bits per heavy atom. The molecule has 0 saturated carbocycles. The van der Waals surface area contributed by atoms with Gasteiger partial charge in [-0.2, -0.15) is 0 Å². The van der Waals surface area contributed by atoms with E-state index in [1.807, 2.05) is 6.92 Å². The predicted octanol–water partition coefficient (Wildman–Crippen LogP) is 4.82. The van der Waals surface area contributed by atoms with Crippen molar-refractivity contribution in [1.82, 2.24) is 0 Å². The Hall–Kier alpha value is -1.70. The van der Waals surface area contributed by atoms with Crippen molar-refractivity contribution >= 4 is 18.1 Å². The minimum atomic E-state index is 0.561. The average molecular weight is 254 g/mol. The fourth-order valence-corrected chi connectivity index (χ4v) is 2.48. The van der Waals surface area contributed by atoms with E-state index < -0.39 is 0 Å². The Morgan fingerprint density at radius 3 is 2.74 bits per heavy atom. The maximum absolute atomic E-state index is 4.59. The molecule has 2 rings (SSSR count). The van der Waals surface area contributed by atoms with Crippen molar-refractivity contribution in [2.45, 2.75) is 46.0 Å². The van der Waals surface area contributed by atoms with Gasteiger partial charge in [0.1, 0.15) is 5.84 Å². The number of benzene rings is 1. The Labute approximate surface area is 116 Å². The summed E-state index contributed by atoms with van der Waals surface area (Å²) in [5.74, 6) is 1.32. The minimum absolute atomic E-state index is 0.561. The zero-order valence-electron chi connectivity index (χ0n) is 12.1. The van der Waals surface area contributed by atoms with Gasteiger partial charge < -0.3 is 0 Å². The highest BCUT2D eigenvalue weighted by Crippen LogP contribution is 2.35. The summed E-state index contributed by atoms with van der Waals surface area (Å²) < 4.78 is 0. The normalized spacial score (nSPS) is 16.3. The first-order valence-corrected chi connectivity index (χ1v) is 6.96. The molecule has 0 bridgehead atoms. The third-order valence-corrected chi connectivity index (χ3v) is 3.62. The summed E-state index contributed by atoms with van der Waals surface area (Å²) in [6.45, 7) is 9.90. The SMILES string of the molecule is C=NC(C)=NC1=C(c2cccc(C(C)C)c2)CCC1. The minimum Gasteiger partial charge on any atom is -0.250 e. The molecule has 0 unspecified atom stereocenters. The van der Waals surface area contributed by atoms with Gasteiger partial charge in [0.2, 0.25) is 0 Å². The van der Waals surface area contributed by atoms with Gasteiger partial charge >= 0.3 is 0 Å². The molecule has 0 N–H and O–H groups in total. The molecular formula is C17H22N2. The summed E-state index contributed by atoms with van der Waals surface area (Å²) in [5, 5.41) is 0. The second kappa shape index (κ2) is 5.96. The fraction of sp³-hybridized carbons (Fsp3) is 0.412. The molecule has 100 valence electrons. The quantitative estimate of drug-likeness (QED) is 0.545. The van der Waals surface area contributed by atoms with E-state index in [0.29, 0.717) is 5.92 Å². The summed E-state index contributed by atoms with van der Waals surface area (Å²) in [6, 6.07) is 8.84. The van der Waals surface area contributed by atoms with Crippen LogP contribution in [0, 0.1) is 0 Å². The van der Waals surface area contributed by atoms with Gasteiger partial charge in [-0.05, 0) is 55.5 Å². The highest BCUT2D eigenvalue weighted by Gasteiger charge is 2.16. The van der Waals surface area contributed by atoms with Crippen LogP contribution in [0.25, 0.3) is 5.57 Å². The summed E-state index contributed by atoms with van der Waals surface area (Å²) >= 11 is 0. The number of nitrogens with zero attached hydrogens (tertiary/aromatic N) is 2. The lowest BCUT2D eigenvalue weighted by molar-refractivity contribution is 0.865. The molecule has 0 saturated heterocycles. The molecule has 0 aliphatic heterocycles. The molecule has 2 nitrogen and oxygen atoms in total. The monoisotopic (exact) mass is 254 g/mol. The van der Waals surface area contributed by atoms with Gasteiger partial charge in [0.05, 0.1) is 0 Å². The zero-order valence-corrected chi connectivity index (χ0v) is 12.1. The highest BCUT2D eigenvalue weighted by molar-refractivity contribution is 5.86. The van der Waals surface area contributed by atoms with Crippen LogP contribution < -0.4 is 0 Å². The molecule has 0 aromatic heterocycles. The Kier molecular flexibility index (Phi) is 4.31. The number of aliphatic imine (C=N–C) groups is 2. The first-order chi connectivity index (χ1) is 9.11. The summed E-state index contributed by atoms with van der Waals surface area (Å²) in [4.78, 5) is 8.49. The molecular weight excluding hydrogens is 232 g/mol. The van der Waals surface area contributed by atoms with Crippen LogP contribution in [-0.2, 0) is 0 Å². The third kappa shape index (κ3) is 3.19. The van der Waals surface area contributed by atoms with E-state index >= 15 is 0 Å². The van der Waals surface area contributed by atoms with Gasteiger partial charge in [-0.25, -0.2) is 9.98 Å². The Morgan fingerprint density at radius 2 is 2.05 bits per heavy atom. The molecule has 0 heterocycles. The van der Waals surface area contributed by atoms with Crippen molar-refractivity contribution in [2.24, 2.45) is 9.98 Å². The van der Waals surface area contributed by atoms with Gasteiger partial charge in [0, 0.05) is 5.70 Å². The predicted molar refractivity (Wildman–Crippen MR) is 84.0 cm³/mol. The number of hydrogen-bond acceptors (Lipinski definition) is 1. The average Bonchev–Trinajstić information content (AvgIpc) is 2.86. The Balaban J connectivity index is 2.41. The van der Waals surface area contributed by atoms with E-state index in [9.17, 15) is 0 Å². The fourth-order valence-electron chi connectivity index (χ4n) is 2.48. The molecule has 1 aromatic rings. The van der Waals surface area contributed by atoms with Crippen molar-refractivity contribution in [3.8, 4) is 0 Å². The third-order valence-electron chi connectivity index (χ3n) is 3.62. The molecule has 0 atom stereocenters. The molecule has 0 spiro atoms. The van der Waals surface area contributed by atoms with E-state index in [-0.39, 0.29) is 0 Å². The van der Waals surface area contributed by atoms with Gasteiger partial charge in [-0.1, -0.05) is 38.1 Å². The molecule has 1 aromatic carbocycles. The lowest BCUT2D eigenvalue weighted by Gasteiger charge is -2.10. The van der Waals surface area contributed by atoms with Gasteiger partial charge in [-0.15, -0.1) is 0 Å². The molecule has 0 amide bonds. The van der Waals surface area contributed by atoms with Crippen LogP contribution in [0.2, 0.25) is 0 Å². The second-order valence-corrected chi connectivity index (χ2v) is 5.38. The summed E-state index contributed by atoms with van der Waals surface area (Å²) in [7, 11) is 0. The van der Waals surface area contributed by atoms with Gasteiger partial charge in [0.25, 0.3) is 0 Å². The number of amidine groups is 1. The van der Waals surface area contributed by atoms with Crippen molar-refractivity contribution < 1.29 is 0 Å². The van der Waals surface area contributed by atoms with Crippen LogP contribution in [0.3, 0.4) is 0 Å². The summed E-state index contributed by atoms with van der Waals surface area (Å²) in [5.41, 5.74) is 5.27. The molecule has 0 radical (unpaired) electrons. The maximum atomic E-state index is 4.59. The van der Waals surface area contributed by atoms with Gasteiger partial charge in [0.15, 0.2) is 0 Å². The van der Waals surface area contributed by atoms with E-state index in [0.717, 1.165) is 18.7 Å². The van der Waals surface area contributed by atoms with E-state index in [2.05, 4.69) is 54.8 Å². The largest absolute Gasteiger partial charge is 0.250 e. The van der Waals surface area contributed by atoms with Crippen molar-refractivity contribution in [3.05, 3.63) is 41.1 Å². The first kappa shape index (κ1) is 13.7. The van der Waals surface area contributed by atoms with E-state index in [1.165, 1.54) is 28.8 Å². The molecule has 1 aliphatic carbocycles. The standard InChI is InChI=1S/C17H22N2/c1-12(2)14-7-5-8-15(11-14)16-9-6-10-17(16)19-13(3)18-4/h5,7-8,11-12H,4,6,9-10H2,1-3H3. The van der Waals surface area contributed by atoms with E-state index in [1.54, 1.807) is 0 Å². The van der Waals surface area contributed by atoms with E-state index in [4.69, 9.17) is 0 Å². The molecule has 0 fully saturated rings. The number of hydrogen-bond donors (Lipinski definition) is 0. The van der Waals surface area contributed by atoms with Crippen LogP contribution in [0.5, 0.6) is 0 Å². The lowest BCUT2D eigenvalue weighted by Crippen LogP contribution is -1.91.